The first kappa shape index (κ1) is 16.5. The van der Waals surface area contributed by atoms with E-state index in [1.165, 1.54) is 35.1 Å². The molecule has 1 aromatic rings. The zero-order chi connectivity index (χ0) is 15.6. The van der Waals surface area contributed by atoms with E-state index in [4.69, 9.17) is 10.5 Å². The second kappa shape index (κ2) is 6.50. The fourth-order valence-corrected chi connectivity index (χ4v) is 3.68. The molecule has 0 amide bonds. The molecule has 1 atom stereocenters. The van der Waals surface area contributed by atoms with Crippen molar-refractivity contribution in [1.29, 1.82) is 0 Å². The molecule has 0 saturated heterocycles. The van der Waals surface area contributed by atoms with Crippen LogP contribution in [-0.4, -0.2) is 12.2 Å². The molecule has 0 radical (unpaired) electrons. The van der Waals surface area contributed by atoms with Crippen molar-refractivity contribution < 1.29 is 4.74 Å². The van der Waals surface area contributed by atoms with Crippen LogP contribution in [0.5, 0.6) is 0 Å². The zero-order valence-electron chi connectivity index (χ0n) is 14.3. The molecule has 0 aliphatic heterocycles. The predicted octanol–water partition coefficient (Wildman–Crippen LogP) is 4.60. The van der Waals surface area contributed by atoms with Gasteiger partial charge < -0.3 is 10.5 Å². The predicted molar refractivity (Wildman–Crippen MR) is 89.6 cm³/mol. The lowest BCUT2D eigenvalue weighted by Gasteiger charge is -2.44. The molecule has 1 aliphatic rings. The second-order valence-electron chi connectivity index (χ2n) is 6.95. The van der Waals surface area contributed by atoms with Gasteiger partial charge in [-0.15, -0.1) is 0 Å². The first-order valence-electron chi connectivity index (χ1n) is 8.37. The van der Waals surface area contributed by atoms with Crippen LogP contribution in [0.1, 0.15) is 67.8 Å². The third-order valence-corrected chi connectivity index (χ3v) is 5.34. The van der Waals surface area contributed by atoms with Crippen molar-refractivity contribution in [3.05, 3.63) is 34.4 Å². The highest BCUT2D eigenvalue weighted by Crippen LogP contribution is 2.43. The maximum Gasteiger partial charge on any atom is 0.0874 e. The second-order valence-corrected chi connectivity index (χ2v) is 6.95. The highest BCUT2D eigenvalue weighted by Gasteiger charge is 2.41. The molecule has 0 aromatic heterocycles. The largest absolute Gasteiger partial charge is 0.373 e. The van der Waals surface area contributed by atoms with Crippen molar-refractivity contribution in [2.75, 3.05) is 6.61 Å². The van der Waals surface area contributed by atoms with E-state index in [9.17, 15) is 0 Å². The van der Waals surface area contributed by atoms with E-state index in [0.29, 0.717) is 0 Å². The van der Waals surface area contributed by atoms with E-state index in [1.54, 1.807) is 0 Å². The van der Waals surface area contributed by atoms with Crippen LogP contribution in [0.15, 0.2) is 12.1 Å². The number of nitrogens with two attached hydrogens (primary N) is 1. The van der Waals surface area contributed by atoms with Crippen LogP contribution in [0.4, 0.5) is 0 Å². The molecule has 2 N–H and O–H groups in total. The fourth-order valence-electron chi connectivity index (χ4n) is 3.68. The van der Waals surface area contributed by atoms with E-state index >= 15 is 0 Å². The van der Waals surface area contributed by atoms with Crippen LogP contribution in [0.2, 0.25) is 0 Å². The molecular weight excluding hydrogens is 258 g/mol. The number of rotatable bonds is 4. The van der Waals surface area contributed by atoms with Crippen molar-refractivity contribution in [2.45, 2.75) is 71.9 Å². The maximum absolute atomic E-state index is 6.73. The summed E-state index contributed by atoms with van der Waals surface area (Å²) >= 11 is 0. The maximum atomic E-state index is 6.73. The standard InChI is InChI=1S/C19H31NO/c1-6-21-19(9-7-13(2)8-10-19)18(20)17-12-15(4)14(3)11-16(17)5/h11-13,18H,6-10,20H2,1-5H3. The van der Waals surface area contributed by atoms with Gasteiger partial charge in [0.05, 0.1) is 11.6 Å². The molecule has 1 unspecified atom stereocenters. The average Bonchev–Trinajstić information content (AvgIpc) is 2.45. The highest BCUT2D eigenvalue weighted by molar-refractivity contribution is 5.39. The first-order valence-corrected chi connectivity index (χ1v) is 8.37. The van der Waals surface area contributed by atoms with Crippen LogP contribution < -0.4 is 5.73 Å². The number of hydrogen-bond acceptors (Lipinski definition) is 2. The highest BCUT2D eigenvalue weighted by atomic mass is 16.5. The Kier molecular flexibility index (Phi) is 5.11. The molecule has 1 fully saturated rings. The lowest BCUT2D eigenvalue weighted by atomic mass is 9.73. The van der Waals surface area contributed by atoms with Crippen molar-refractivity contribution in [3.63, 3.8) is 0 Å². The van der Waals surface area contributed by atoms with Gasteiger partial charge in [-0.25, -0.2) is 0 Å². The van der Waals surface area contributed by atoms with Crippen molar-refractivity contribution in [2.24, 2.45) is 11.7 Å². The van der Waals surface area contributed by atoms with E-state index in [-0.39, 0.29) is 11.6 Å². The molecule has 2 heteroatoms. The van der Waals surface area contributed by atoms with Gasteiger partial charge in [0.15, 0.2) is 0 Å². The Labute approximate surface area is 130 Å². The average molecular weight is 289 g/mol. The first-order chi connectivity index (χ1) is 9.89. The Morgan fingerprint density at radius 3 is 2.29 bits per heavy atom. The smallest absolute Gasteiger partial charge is 0.0874 e. The summed E-state index contributed by atoms with van der Waals surface area (Å²) in [5.74, 6) is 0.798. The molecule has 0 heterocycles. The summed E-state index contributed by atoms with van der Waals surface area (Å²) in [7, 11) is 0. The molecular formula is C19H31NO. The number of benzene rings is 1. The molecule has 0 spiro atoms. The van der Waals surface area contributed by atoms with Gasteiger partial charge in [0, 0.05) is 6.61 Å². The Morgan fingerprint density at radius 2 is 1.71 bits per heavy atom. The summed E-state index contributed by atoms with van der Waals surface area (Å²) in [5, 5.41) is 0. The summed E-state index contributed by atoms with van der Waals surface area (Å²) < 4.78 is 6.24. The van der Waals surface area contributed by atoms with Crippen LogP contribution >= 0.6 is 0 Å². The van der Waals surface area contributed by atoms with Crippen molar-refractivity contribution in [3.8, 4) is 0 Å². The molecule has 2 rings (SSSR count). The summed E-state index contributed by atoms with van der Waals surface area (Å²) in [6, 6.07) is 4.51. The minimum absolute atomic E-state index is 0.0238. The minimum atomic E-state index is -0.173. The van der Waals surface area contributed by atoms with Gasteiger partial charge in [0.2, 0.25) is 0 Å². The number of aryl methyl sites for hydroxylation is 3. The van der Waals surface area contributed by atoms with Crippen LogP contribution in [0.3, 0.4) is 0 Å². The third kappa shape index (κ3) is 3.32. The summed E-state index contributed by atoms with van der Waals surface area (Å²) in [6.45, 7) is 11.7. The Morgan fingerprint density at radius 1 is 1.14 bits per heavy atom. The summed E-state index contributed by atoms with van der Waals surface area (Å²) in [4.78, 5) is 0. The van der Waals surface area contributed by atoms with Gasteiger partial charge in [-0.1, -0.05) is 19.1 Å². The molecule has 1 aliphatic carbocycles. The van der Waals surface area contributed by atoms with Crippen molar-refractivity contribution >= 4 is 0 Å². The minimum Gasteiger partial charge on any atom is -0.373 e. The Balaban J connectivity index is 2.34. The molecule has 21 heavy (non-hydrogen) atoms. The summed E-state index contributed by atoms with van der Waals surface area (Å²) in [5.41, 5.74) is 11.8. The van der Waals surface area contributed by atoms with E-state index in [1.807, 2.05) is 0 Å². The molecule has 0 bridgehead atoms. The third-order valence-electron chi connectivity index (χ3n) is 5.34. The van der Waals surface area contributed by atoms with E-state index in [2.05, 4.69) is 46.8 Å². The normalized spacial score (nSPS) is 27.6. The fraction of sp³-hybridized carbons (Fsp3) is 0.684. The lowest BCUT2D eigenvalue weighted by Crippen LogP contribution is -2.46. The number of ether oxygens (including phenoxy) is 1. The number of hydrogen-bond donors (Lipinski definition) is 1. The van der Waals surface area contributed by atoms with Crippen LogP contribution in [0, 0.1) is 26.7 Å². The van der Waals surface area contributed by atoms with Gasteiger partial charge in [0.1, 0.15) is 0 Å². The van der Waals surface area contributed by atoms with E-state index < -0.39 is 0 Å². The SMILES string of the molecule is CCOC1(C(N)c2cc(C)c(C)cc2C)CCC(C)CC1. The van der Waals surface area contributed by atoms with Gasteiger partial charge in [-0.05, 0) is 81.5 Å². The molecule has 1 saturated carbocycles. The van der Waals surface area contributed by atoms with Crippen LogP contribution in [-0.2, 0) is 4.74 Å². The van der Waals surface area contributed by atoms with Crippen LogP contribution in [0.25, 0.3) is 0 Å². The lowest BCUT2D eigenvalue weighted by molar-refractivity contribution is -0.0898. The molecule has 1 aromatic carbocycles. The molecule has 2 nitrogen and oxygen atoms in total. The Hall–Kier alpha value is -0.860. The van der Waals surface area contributed by atoms with Gasteiger partial charge >= 0.3 is 0 Å². The van der Waals surface area contributed by atoms with Gasteiger partial charge in [-0.3, -0.25) is 0 Å². The monoisotopic (exact) mass is 289 g/mol. The summed E-state index contributed by atoms with van der Waals surface area (Å²) in [6.07, 6.45) is 4.60. The van der Waals surface area contributed by atoms with E-state index in [0.717, 1.165) is 25.4 Å². The topological polar surface area (TPSA) is 35.2 Å². The van der Waals surface area contributed by atoms with Gasteiger partial charge in [0.25, 0.3) is 0 Å². The quantitative estimate of drug-likeness (QED) is 0.879. The molecule has 118 valence electrons. The van der Waals surface area contributed by atoms with Gasteiger partial charge in [-0.2, -0.15) is 0 Å². The van der Waals surface area contributed by atoms with Crippen molar-refractivity contribution in [1.82, 2.24) is 0 Å². The Bertz CT molecular complexity index is 487. The zero-order valence-corrected chi connectivity index (χ0v) is 14.3.